The molecule has 0 aromatic rings. The van der Waals surface area contributed by atoms with Crippen LogP contribution in [0.3, 0.4) is 0 Å². The Labute approximate surface area is 102 Å². The van der Waals surface area contributed by atoms with Crippen LogP contribution in [-0.4, -0.2) is 52.2 Å². The number of hydrogen-bond donors (Lipinski definition) is 2. The third kappa shape index (κ3) is 2.98. The quantitative estimate of drug-likeness (QED) is 0.681. The summed E-state index contributed by atoms with van der Waals surface area (Å²) in [6.45, 7) is 2.80. The van der Waals surface area contributed by atoms with E-state index in [-0.39, 0.29) is 11.5 Å². The van der Waals surface area contributed by atoms with Crippen LogP contribution in [0.2, 0.25) is 0 Å². The van der Waals surface area contributed by atoms with Gasteiger partial charge in [0.15, 0.2) is 9.84 Å². The molecule has 0 radical (unpaired) electrons. The van der Waals surface area contributed by atoms with Gasteiger partial charge in [-0.3, -0.25) is 0 Å². The second-order valence-electron chi connectivity index (χ2n) is 5.16. The fourth-order valence-electron chi connectivity index (χ4n) is 2.41. The number of sulfone groups is 1. The zero-order valence-electron chi connectivity index (χ0n) is 9.77. The Morgan fingerprint density at radius 2 is 2.12 bits per heavy atom. The van der Waals surface area contributed by atoms with Gasteiger partial charge in [0.05, 0.1) is 16.8 Å². The Morgan fingerprint density at radius 3 is 2.59 bits per heavy atom. The van der Waals surface area contributed by atoms with Crippen molar-refractivity contribution in [3.63, 3.8) is 0 Å². The summed E-state index contributed by atoms with van der Waals surface area (Å²) >= 11 is 0. The first-order valence-electron chi connectivity index (χ1n) is 5.66. The van der Waals surface area contributed by atoms with Gasteiger partial charge < -0.3 is 5.32 Å². The lowest BCUT2D eigenvalue weighted by Crippen LogP contribution is -2.50. The van der Waals surface area contributed by atoms with Crippen LogP contribution in [0.15, 0.2) is 0 Å². The summed E-state index contributed by atoms with van der Waals surface area (Å²) in [7, 11) is -6.52. The minimum absolute atomic E-state index is 0.0644. The maximum absolute atomic E-state index is 12.1. The van der Waals surface area contributed by atoms with Crippen molar-refractivity contribution in [1.82, 2.24) is 10.0 Å². The van der Waals surface area contributed by atoms with Gasteiger partial charge in [-0.1, -0.05) is 0 Å². The summed E-state index contributed by atoms with van der Waals surface area (Å²) in [5, 5.41) is 2.55. The van der Waals surface area contributed by atoms with Crippen molar-refractivity contribution in [3.05, 3.63) is 0 Å². The largest absolute Gasteiger partial charge is 0.315 e. The highest BCUT2D eigenvalue weighted by molar-refractivity contribution is 7.92. The molecule has 0 aromatic heterocycles. The Morgan fingerprint density at radius 1 is 1.41 bits per heavy atom. The van der Waals surface area contributed by atoms with Gasteiger partial charge >= 0.3 is 0 Å². The molecule has 2 aliphatic rings. The van der Waals surface area contributed by atoms with Gasteiger partial charge in [-0.2, -0.15) is 0 Å². The molecule has 2 rings (SSSR count). The van der Waals surface area contributed by atoms with E-state index in [2.05, 4.69) is 10.0 Å². The van der Waals surface area contributed by atoms with Crippen LogP contribution in [-0.2, 0) is 19.9 Å². The molecule has 100 valence electrons. The first kappa shape index (κ1) is 13.3. The van der Waals surface area contributed by atoms with E-state index in [1.807, 2.05) is 0 Å². The van der Waals surface area contributed by atoms with E-state index in [4.69, 9.17) is 0 Å². The third-order valence-electron chi connectivity index (χ3n) is 3.35. The summed E-state index contributed by atoms with van der Waals surface area (Å²) < 4.78 is 49.5. The van der Waals surface area contributed by atoms with E-state index in [0.717, 1.165) is 0 Å². The fourth-order valence-corrected chi connectivity index (χ4v) is 6.39. The maximum atomic E-state index is 12.1. The van der Waals surface area contributed by atoms with E-state index < -0.39 is 30.6 Å². The molecule has 0 saturated carbocycles. The second-order valence-corrected chi connectivity index (χ2v) is 9.31. The molecule has 2 unspecified atom stereocenters. The molecule has 2 saturated heterocycles. The lowest BCUT2D eigenvalue weighted by molar-refractivity contribution is 0.457. The smallest absolute Gasteiger partial charge is 0.216 e. The molecule has 2 aliphatic heterocycles. The number of sulfonamides is 1. The van der Waals surface area contributed by atoms with Crippen LogP contribution in [0.5, 0.6) is 0 Å². The van der Waals surface area contributed by atoms with Gasteiger partial charge in [-0.25, -0.2) is 21.6 Å². The SMILES string of the molecule is CC1(NS(=O)(=O)C2CCNC2)CCS(=O)(=O)C1. The number of nitrogens with one attached hydrogen (secondary N) is 2. The van der Waals surface area contributed by atoms with E-state index >= 15 is 0 Å². The molecule has 2 N–H and O–H groups in total. The predicted molar refractivity (Wildman–Crippen MR) is 65.0 cm³/mol. The van der Waals surface area contributed by atoms with Crippen LogP contribution in [0.25, 0.3) is 0 Å². The lowest BCUT2D eigenvalue weighted by atomic mass is 10.0. The van der Waals surface area contributed by atoms with Crippen LogP contribution in [0.4, 0.5) is 0 Å². The zero-order valence-corrected chi connectivity index (χ0v) is 11.4. The van der Waals surface area contributed by atoms with Crippen LogP contribution in [0.1, 0.15) is 19.8 Å². The molecule has 17 heavy (non-hydrogen) atoms. The lowest BCUT2D eigenvalue weighted by Gasteiger charge is -2.25. The molecule has 0 aromatic carbocycles. The first-order valence-corrected chi connectivity index (χ1v) is 9.03. The third-order valence-corrected chi connectivity index (χ3v) is 7.31. The molecule has 2 heterocycles. The summed E-state index contributed by atoms with van der Waals surface area (Å²) in [5.74, 6) is -0.0334. The molecule has 6 nitrogen and oxygen atoms in total. The fraction of sp³-hybridized carbons (Fsp3) is 1.00. The minimum atomic E-state index is -3.43. The van der Waals surface area contributed by atoms with Crippen molar-refractivity contribution < 1.29 is 16.8 Å². The van der Waals surface area contributed by atoms with E-state index in [1.165, 1.54) is 0 Å². The number of rotatable bonds is 3. The van der Waals surface area contributed by atoms with Crippen molar-refractivity contribution in [3.8, 4) is 0 Å². The summed E-state index contributed by atoms with van der Waals surface area (Å²) in [6.07, 6.45) is 0.937. The van der Waals surface area contributed by atoms with E-state index in [9.17, 15) is 16.8 Å². The molecule has 8 heteroatoms. The van der Waals surface area contributed by atoms with Gasteiger partial charge in [0.2, 0.25) is 10.0 Å². The molecule has 2 atom stereocenters. The van der Waals surface area contributed by atoms with Crippen molar-refractivity contribution in [2.75, 3.05) is 24.6 Å². The molecule has 0 spiro atoms. The van der Waals surface area contributed by atoms with Gasteiger partial charge in [0, 0.05) is 12.1 Å². The van der Waals surface area contributed by atoms with Crippen LogP contribution in [0, 0.1) is 0 Å². The average molecular weight is 282 g/mol. The highest BCUT2D eigenvalue weighted by Gasteiger charge is 2.43. The molecule has 0 bridgehead atoms. The second kappa shape index (κ2) is 4.18. The Balaban J connectivity index is 2.10. The van der Waals surface area contributed by atoms with Gasteiger partial charge in [-0.05, 0) is 26.3 Å². The van der Waals surface area contributed by atoms with Gasteiger partial charge in [-0.15, -0.1) is 0 Å². The molecule has 2 fully saturated rings. The Bertz CT molecular complexity index is 493. The standard InChI is InChI=1S/C9H18N2O4S2/c1-9(3-5-16(12,13)7-9)11-17(14,15)8-2-4-10-6-8/h8,10-11H,2-7H2,1H3. The van der Waals surface area contributed by atoms with Gasteiger partial charge in [0.1, 0.15) is 0 Å². The summed E-state index contributed by atoms with van der Waals surface area (Å²) in [4.78, 5) is 0. The maximum Gasteiger partial charge on any atom is 0.216 e. The van der Waals surface area contributed by atoms with Crippen molar-refractivity contribution in [2.24, 2.45) is 0 Å². The first-order chi connectivity index (χ1) is 7.73. The molecule has 0 aliphatic carbocycles. The average Bonchev–Trinajstić information content (AvgIpc) is 2.72. The Hall–Kier alpha value is -0.180. The van der Waals surface area contributed by atoms with E-state index in [1.54, 1.807) is 6.92 Å². The van der Waals surface area contributed by atoms with Crippen molar-refractivity contribution in [1.29, 1.82) is 0 Å². The predicted octanol–water partition coefficient (Wildman–Crippen LogP) is -1.16. The molecule has 0 amide bonds. The highest BCUT2D eigenvalue weighted by atomic mass is 32.2. The summed E-state index contributed by atoms with van der Waals surface area (Å²) in [6, 6.07) is 0. The Kier molecular flexibility index (Phi) is 3.26. The van der Waals surface area contributed by atoms with Crippen molar-refractivity contribution >= 4 is 19.9 Å². The number of hydrogen-bond acceptors (Lipinski definition) is 5. The van der Waals surface area contributed by atoms with Crippen molar-refractivity contribution in [2.45, 2.75) is 30.6 Å². The highest BCUT2D eigenvalue weighted by Crippen LogP contribution is 2.25. The zero-order chi connectivity index (χ0) is 12.7. The topological polar surface area (TPSA) is 92.3 Å². The van der Waals surface area contributed by atoms with Crippen LogP contribution < -0.4 is 10.0 Å². The van der Waals surface area contributed by atoms with Gasteiger partial charge in [0.25, 0.3) is 0 Å². The minimum Gasteiger partial charge on any atom is -0.315 e. The normalized spacial score (nSPS) is 37.4. The summed E-state index contributed by atoms with van der Waals surface area (Å²) in [5.41, 5.74) is -0.833. The van der Waals surface area contributed by atoms with Crippen LogP contribution >= 0.6 is 0 Å². The molecular formula is C9H18N2O4S2. The van der Waals surface area contributed by atoms with E-state index in [0.29, 0.717) is 25.9 Å². The monoisotopic (exact) mass is 282 g/mol. The molecular weight excluding hydrogens is 264 g/mol.